The number of carboxylic acid groups (broad SMARTS) is 1. The van der Waals surface area contributed by atoms with E-state index < -0.39 is 68.0 Å². The van der Waals surface area contributed by atoms with Gasteiger partial charge in [-0.2, -0.15) is 21.4 Å². The van der Waals surface area contributed by atoms with Crippen LogP contribution in [0.25, 0.3) is 11.1 Å². The molecule has 0 spiro atoms. The van der Waals surface area contributed by atoms with Gasteiger partial charge in [0.05, 0.1) is 23.3 Å². The van der Waals surface area contributed by atoms with Gasteiger partial charge < -0.3 is 15.7 Å². The number of nitrogens with zero attached hydrogens (tertiary/aromatic N) is 2. The fraction of sp³-hybridized carbons (Fsp3) is 0.423. The fourth-order valence-corrected chi connectivity index (χ4v) is 5.26. The first-order valence-electron chi connectivity index (χ1n) is 12.9. The number of pyridine rings is 1. The monoisotopic (exact) mass is 625 g/mol. The number of hydrogen-bond acceptors (Lipinski definition) is 8. The van der Waals surface area contributed by atoms with Gasteiger partial charge in [0, 0.05) is 38.1 Å². The molecule has 0 radical (unpaired) electrons. The van der Waals surface area contributed by atoms with Crippen LogP contribution in [0.1, 0.15) is 60.2 Å². The molecule has 228 valence electrons. The number of rotatable bonds is 13. The van der Waals surface area contributed by atoms with Crippen molar-refractivity contribution in [1.29, 1.82) is 0 Å². The van der Waals surface area contributed by atoms with E-state index in [9.17, 15) is 31.2 Å². The number of hydrogen-bond donors (Lipinski definition) is 5. The highest BCUT2D eigenvalue weighted by atomic mass is 32.2. The summed E-state index contributed by atoms with van der Waals surface area (Å²) >= 11 is 0. The average molecular weight is 626 g/mol. The molecule has 0 atom stereocenters. The molecule has 0 aliphatic carbocycles. The number of aliphatic carboxylic acids is 1. The van der Waals surface area contributed by atoms with Gasteiger partial charge in [0.1, 0.15) is 17.9 Å². The van der Waals surface area contributed by atoms with Gasteiger partial charge in [-0.1, -0.05) is 0 Å². The van der Waals surface area contributed by atoms with Gasteiger partial charge in [0.25, 0.3) is 32.1 Å². The van der Waals surface area contributed by atoms with Crippen molar-refractivity contribution in [2.24, 2.45) is 0 Å². The maximum atomic E-state index is 12.8. The molecule has 14 nitrogen and oxygen atoms in total. The Morgan fingerprint density at radius 1 is 0.881 bits per heavy atom. The van der Waals surface area contributed by atoms with Gasteiger partial charge in [-0.15, -0.1) is 0 Å². The summed E-state index contributed by atoms with van der Waals surface area (Å²) in [6.07, 6.45) is 0.471. The summed E-state index contributed by atoms with van der Waals surface area (Å²) in [6.45, 7) is 5.69. The molecule has 0 fully saturated rings. The molecule has 2 heterocycles. The van der Waals surface area contributed by atoms with E-state index in [0.29, 0.717) is 24.1 Å². The molecule has 2 amide bonds. The number of amides is 2. The lowest BCUT2D eigenvalue weighted by molar-refractivity contribution is -0.439. The number of benzene rings is 1. The largest absolute Gasteiger partial charge is 0.481 e. The molecule has 1 aromatic carbocycles. The van der Waals surface area contributed by atoms with Crippen molar-refractivity contribution >= 4 is 49.4 Å². The SMILES string of the molecule is CC1=[N+](CCCC(=O)O)c2ccc(-c3cc(C(=O)NCCS(=O)(=O)O)nc(C(=O)NCCS(=O)(=O)O)c3)cc2C1(C)C. The summed E-state index contributed by atoms with van der Waals surface area (Å²) in [5.74, 6) is -3.99. The number of carboxylic acids is 1. The number of aromatic nitrogens is 1. The van der Waals surface area contributed by atoms with Gasteiger partial charge in [-0.05, 0) is 49.2 Å². The predicted octanol–water partition coefficient (Wildman–Crippen LogP) is 1.24. The van der Waals surface area contributed by atoms with Crippen LogP contribution in [0.4, 0.5) is 5.69 Å². The lowest BCUT2D eigenvalue weighted by Gasteiger charge is -2.16. The number of carbonyl (C=O) groups excluding carboxylic acids is 2. The van der Waals surface area contributed by atoms with Crippen LogP contribution in [-0.2, 0) is 30.4 Å². The first-order valence-corrected chi connectivity index (χ1v) is 16.1. The molecule has 16 heteroatoms. The van der Waals surface area contributed by atoms with E-state index in [4.69, 9.17) is 14.2 Å². The van der Waals surface area contributed by atoms with Crippen molar-refractivity contribution in [2.45, 2.75) is 39.0 Å². The minimum atomic E-state index is -4.34. The Hall–Kier alpha value is -3.73. The number of fused-ring (bicyclic) bond motifs is 1. The van der Waals surface area contributed by atoms with Crippen molar-refractivity contribution in [3.63, 3.8) is 0 Å². The highest BCUT2D eigenvalue weighted by molar-refractivity contribution is 7.86. The van der Waals surface area contributed by atoms with Gasteiger partial charge in [0.15, 0.2) is 5.71 Å². The van der Waals surface area contributed by atoms with Crippen LogP contribution in [0, 0.1) is 0 Å². The summed E-state index contributed by atoms with van der Waals surface area (Å²) in [7, 11) is -8.67. The Morgan fingerprint density at radius 2 is 1.40 bits per heavy atom. The van der Waals surface area contributed by atoms with Gasteiger partial charge in [0.2, 0.25) is 5.69 Å². The third-order valence-corrected chi connectivity index (χ3v) is 8.40. The zero-order valence-electron chi connectivity index (χ0n) is 23.2. The topological polar surface area (TPSA) is 220 Å². The standard InChI is InChI=1S/C26H32N4O10S2/c1-16-26(2,3)19-13-17(6-7-22(19)30(16)10-4-5-23(31)32)18-14-20(24(33)27-8-11-41(35,36)37)29-21(15-18)25(34)28-9-12-42(38,39)40/h6-7,13-15H,4-5,8-12H2,1-3H3,(H4-,27,28,31,32,33,34,35,36,37,38,39,40)/p+1. The van der Waals surface area contributed by atoms with Crippen LogP contribution in [0.15, 0.2) is 30.3 Å². The summed E-state index contributed by atoms with van der Waals surface area (Å²) < 4.78 is 64.1. The first-order chi connectivity index (χ1) is 19.4. The zero-order chi connectivity index (χ0) is 31.5. The highest BCUT2D eigenvalue weighted by Crippen LogP contribution is 2.41. The summed E-state index contributed by atoms with van der Waals surface area (Å²) in [4.78, 5) is 40.7. The van der Waals surface area contributed by atoms with Crippen LogP contribution in [0.3, 0.4) is 0 Å². The van der Waals surface area contributed by atoms with Crippen LogP contribution in [0.5, 0.6) is 0 Å². The van der Waals surface area contributed by atoms with Crippen molar-refractivity contribution < 1.29 is 50.0 Å². The lowest BCUT2D eigenvalue weighted by Crippen LogP contribution is -2.32. The van der Waals surface area contributed by atoms with E-state index in [0.717, 1.165) is 17.0 Å². The molecule has 2 aromatic rings. The van der Waals surface area contributed by atoms with Crippen LogP contribution in [-0.4, -0.2) is 95.2 Å². The van der Waals surface area contributed by atoms with E-state index in [1.54, 1.807) is 6.07 Å². The van der Waals surface area contributed by atoms with Gasteiger partial charge >= 0.3 is 5.97 Å². The third kappa shape index (κ3) is 8.40. The fourth-order valence-electron chi connectivity index (χ4n) is 4.54. The molecule has 1 aromatic heterocycles. The second-order valence-electron chi connectivity index (χ2n) is 10.3. The molecule has 5 N–H and O–H groups in total. The second-order valence-corrected chi connectivity index (χ2v) is 13.4. The molecule has 1 aliphatic rings. The zero-order valence-corrected chi connectivity index (χ0v) is 24.9. The maximum absolute atomic E-state index is 12.8. The van der Waals surface area contributed by atoms with E-state index in [1.165, 1.54) is 12.1 Å². The normalized spacial score (nSPS) is 14.4. The highest BCUT2D eigenvalue weighted by Gasteiger charge is 2.43. The molecule has 0 unspecified atom stereocenters. The molecule has 42 heavy (non-hydrogen) atoms. The van der Waals surface area contributed by atoms with E-state index in [1.807, 2.05) is 32.9 Å². The summed E-state index contributed by atoms with van der Waals surface area (Å²) in [5.41, 5.74) is 2.98. The van der Waals surface area contributed by atoms with Crippen LogP contribution >= 0.6 is 0 Å². The number of nitrogens with one attached hydrogen (secondary N) is 2. The quantitative estimate of drug-likeness (QED) is 0.157. The van der Waals surface area contributed by atoms with E-state index >= 15 is 0 Å². The summed E-state index contributed by atoms with van der Waals surface area (Å²) in [6, 6.07) is 8.34. The first kappa shape index (κ1) is 32.8. The predicted molar refractivity (Wildman–Crippen MR) is 153 cm³/mol. The average Bonchev–Trinajstić information content (AvgIpc) is 3.06. The molecule has 1 aliphatic heterocycles. The van der Waals surface area contributed by atoms with E-state index in [2.05, 4.69) is 20.2 Å². The Bertz CT molecular complexity index is 1600. The van der Waals surface area contributed by atoms with Crippen molar-refractivity contribution in [1.82, 2.24) is 15.6 Å². The summed E-state index contributed by atoms with van der Waals surface area (Å²) in [5, 5.41) is 13.7. The second kappa shape index (κ2) is 12.6. The van der Waals surface area contributed by atoms with Crippen LogP contribution in [0.2, 0.25) is 0 Å². The minimum absolute atomic E-state index is 0.0266. The maximum Gasteiger partial charge on any atom is 0.303 e. The smallest absolute Gasteiger partial charge is 0.303 e. The van der Waals surface area contributed by atoms with Gasteiger partial charge in [-0.3, -0.25) is 23.5 Å². The molecule has 0 saturated carbocycles. The number of carbonyl (C=O) groups is 3. The Labute approximate surface area is 243 Å². The molecule has 0 saturated heterocycles. The Morgan fingerprint density at radius 3 is 1.88 bits per heavy atom. The lowest BCUT2D eigenvalue weighted by atomic mass is 9.81. The molecule has 0 bridgehead atoms. The Kier molecular flexibility index (Phi) is 9.87. The van der Waals surface area contributed by atoms with E-state index in [-0.39, 0.29) is 17.8 Å². The Balaban J connectivity index is 2.00. The third-order valence-electron chi connectivity index (χ3n) is 6.96. The van der Waals surface area contributed by atoms with Crippen molar-refractivity contribution in [2.75, 3.05) is 31.1 Å². The van der Waals surface area contributed by atoms with Crippen LogP contribution < -0.4 is 10.6 Å². The van der Waals surface area contributed by atoms with Gasteiger partial charge in [-0.25, -0.2) is 4.98 Å². The van der Waals surface area contributed by atoms with Crippen molar-refractivity contribution in [3.05, 3.63) is 47.3 Å². The molecular formula is C26H33N4O10S2+. The minimum Gasteiger partial charge on any atom is -0.481 e. The molecular weight excluding hydrogens is 592 g/mol. The van der Waals surface area contributed by atoms with Crippen molar-refractivity contribution in [3.8, 4) is 11.1 Å². The molecule has 3 rings (SSSR count).